The van der Waals surface area contributed by atoms with E-state index in [1.165, 1.54) is 90.6 Å². The molecular formula is C22H43N3O. The highest BCUT2D eigenvalue weighted by Crippen LogP contribution is 2.32. The van der Waals surface area contributed by atoms with E-state index in [1.54, 1.807) is 0 Å². The summed E-state index contributed by atoms with van der Waals surface area (Å²) in [7, 11) is 2.18. The molecule has 4 aliphatic rings. The van der Waals surface area contributed by atoms with Crippen molar-refractivity contribution in [2.75, 3.05) is 46.3 Å². The van der Waals surface area contributed by atoms with E-state index >= 15 is 0 Å². The van der Waals surface area contributed by atoms with Crippen LogP contribution in [0.15, 0.2) is 0 Å². The maximum Gasteiger partial charge on any atom is 0.106 e. The van der Waals surface area contributed by atoms with Gasteiger partial charge in [-0.3, -0.25) is 0 Å². The normalized spacial score (nSPS) is 28.0. The molecule has 4 rings (SSSR count). The van der Waals surface area contributed by atoms with Crippen molar-refractivity contribution in [3.05, 3.63) is 0 Å². The second kappa shape index (κ2) is 10.8. The minimum atomic E-state index is 0.731. The van der Waals surface area contributed by atoms with E-state index < -0.39 is 0 Å². The Morgan fingerprint density at radius 1 is 1.04 bits per heavy atom. The Kier molecular flexibility index (Phi) is 9.05. The summed E-state index contributed by atoms with van der Waals surface area (Å²) >= 11 is 0. The Labute approximate surface area is 162 Å². The number of carbonyl (C=O) groups excluding carboxylic acids is 1. The summed E-state index contributed by atoms with van der Waals surface area (Å²) in [4.78, 5) is 13.2. The van der Waals surface area contributed by atoms with Crippen LogP contribution in [0.5, 0.6) is 0 Å². The molecule has 0 radical (unpaired) electrons. The highest BCUT2D eigenvalue weighted by molar-refractivity contribution is 5.11. The summed E-state index contributed by atoms with van der Waals surface area (Å²) in [6.45, 7) is 14.7. The van der Waals surface area contributed by atoms with Crippen molar-refractivity contribution in [1.29, 1.82) is 0 Å². The van der Waals surface area contributed by atoms with E-state index in [0.29, 0.717) is 0 Å². The predicted octanol–water partition coefficient (Wildman–Crippen LogP) is 3.41. The van der Waals surface area contributed by atoms with E-state index in [0.717, 1.165) is 23.3 Å². The average molecular weight is 366 g/mol. The summed E-state index contributed by atoms with van der Waals surface area (Å²) in [5.41, 5.74) is 0.731. The van der Waals surface area contributed by atoms with Gasteiger partial charge in [0.1, 0.15) is 6.79 Å². The first-order valence-corrected chi connectivity index (χ1v) is 11.0. The monoisotopic (exact) mass is 365 g/mol. The molecule has 0 aromatic heterocycles. The first kappa shape index (κ1) is 21.8. The molecule has 0 aromatic carbocycles. The molecule has 3 aliphatic heterocycles. The van der Waals surface area contributed by atoms with Crippen LogP contribution in [-0.2, 0) is 4.79 Å². The standard InChI is InChI=1S/C15H29N.C6H12N2.CH2O/c1-3-13(2)14-9-11-16(12-10-14)15-7-5-4-6-8-15;1-8-4-6(5-8)2-7-3-6;1-2/h13-15H,3-12H2,1-2H3;7H,2-5H2,1H3;1H2. The maximum absolute atomic E-state index is 8.00. The zero-order valence-electron chi connectivity index (χ0n) is 17.6. The molecule has 1 spiro atoms. The van der Waals surface area contributed by atoms with E-state index in [4.69, 9.17) is 4.79 Å². The van der Waals surface area contributed by atoms with Crippen LogP contribution in [0.3, 0.4) is 0 Å². The van der Waals surface area contributed by atoms with Gasteiger partial charge in [-0.2, -0.15) is 0 Å². The molecule has 1 atom stereocenters. The molecule has 3 saturated heterocycles. The van der Waals surface area contributed by atoms with Gasteiger partial charge < -0.3 is 19.9 Å². The lowest BCUT2D eigenvalue weighted by Gasteiger charge is -2.55. The molecule has 26 heavy (non-hydrogen) atoms. The molecule has 3 heterocycles. The molecule has 0 bridgehead atoms. The Hall–Kier alpha value is -0.450. The van der Waals surface area contributed by atoms with Crippen molar-refractivity contribution < 1.29 is 4.79 Å². The zero-order valence-corrected chi connectivity index (χ0v) is 17.6. The maximum atomic E-state index is 8.00. The molecule has 0 aromatic rings. The second-order valence-corrected chi connectivity index (χ2v) is 9.33. The van der Waals surface area contributed by atoms with Gasteiger partial charge in [0.15, 0.2) is 0 Å². The third-order valence-corrected chi connectivity index (χ3v) is 7.32. The second-order valence-electron chi connectivity index (χ2n) is 9.33. The summed E-state index contributed by atoms with van der Waals surface area (Å²) in [6.07, 6.45) is 11.7. The van der Waals surface area contributed by atoms with Crippen LogP contribution >= 0.6 is 0 Å². The van der Waals surface area contributed by atoms with Gasteiger partial charge in [0.25, 0.3) is 0 Å². The average Bonchev–Trinajstić information content (AvgIpc) is 2.66. The molecule has 1 aliphatic carbocycles. The number of nitrogens with zero attached hydrogens (tertiary/aromatic N) is 2. The molecule has 152 valence electrons. The Bertz CT molecular complexity index is 377. The summed E-state index contributed by atoms with van der Waals surface area (Å²) in [5, 5.41) is 3.30. The minimum Gasteiger partial charge on any atom is -0.315 e. The van der Waals surface area contributed by atoms with Gasteiger partial charge in [0.05, 0.1) is 0 Å². The molecule has 4 fully saturated rings. The van der Waals surface area contributed by atoms with E-state index in [2.05, 4.69) is 36.0 Å². The topological polar surface area (TPSA) is 35.6 Å². The lowest BCUT2D eigenvalue weighted by molar-refractivity contribution is -0.0979. The Balaban J connectivity index is 0.000000202. The minimum absolute atomic E-state index is 0.731. The fourth-order valence-corrected chi connectivity index (χ4v) is 5.43. The summed E-state index contributed by atoms with van der Waals surface area (Å²) in [6, 6.07) is 0.951. The van der Waals surface area contributed by atoms with Crippen molar-refractivity contribution in [3.63, 3.8) is 0 Å². The molecule has 4 nitrogen and oxygen atoms in total. The first-order valence-electron chi connectivity index (χ1n) is 11.0. The fourth-order valence-electron chi connectivity index (χ4n) is 5.43. The van der Waals surface area contributed by atoms with Crippen LogP contribution in [0, 0.1) is 17.3 Å². The van der Waals surface area contributed by atoms with Crippen LogP contribution in [0.1, 0.15) is 65.2 Å². The van der Waals surface area contributed by atoms with Crippen LogP contribution < -0.4 is 5.32 Å². The highest BCUT2D eigenvalue weighted by Gasteiger charge is 2.45. The van der Waals surface area contributed by atoms with E-state index in [1.807, 2.05) is 6.79 Å². The molecule has 4 heteroatoms. The van der Waals surface area contributed by atoms with Crippen molar-refractivity contribution in [2.24, 2.45) is 17.3 Å². The smallest absolute Gasteiger partial charge is 0.106 e. The Morgan fingerprint density at radius 2 is 1.62 bits per heavy atom. The van der Waals surface area contributed by atoms with Gasteiger partial charge in [-0.05, 0) is 57.7 Å². The van der Waals surface area contributed by atoms with Gasteiger partial charge in [0.2, 0.25) is 0 Å². The number of carbonyl (C=O) groups is 1. The van der Waals surface area contributed by atoms with E-state index in [9.17, 15) is 0 Å². The number of hydrogen-bond donors (Lipinski definition) is 1. The van der Waals surface area contributed by atoms with Crippen molar-refractivity contribution >= 4 is 6.79 Å². The lowest BCUT2D eigenvalue weighted by Crippen LogP contribution is -2.69. The highest BCUT2D eigenvalue weighted by atomic mass is 16.1. The van der Waals surface area contributed by atoms with Gasteiger partial charge in [-0.25, -0.2) is 0 Å². The van der Waals surface area contributed by atoms with Crippen molar-refractivity contribution in [1.82, 2.24) is 15.1 Å². The predicted molar refractivity (Wildman–Crippen MR) is 111 cm³/mol. The molecule has 0 amide bonds. The molecule has 1 N–H and O–H groups in total. The third kappa shape index (κ3) is 5.77. The van der Waals surface area contributed by atoms with Crippen LogP contribution in [0.2, 0.25) is 0 Å². The van der Waals surface area contributed by atoms with Gasteiger partial charge in [0, 0.05) is 37.6 Å². The molecule has 1 unspecified atom stereocenters. The third-order valence-electron chi connectivity index (χ3n) is 7.32. The largest absolute Gasteiger partial charge is 0.315 e. The summed E-state index contributed by atoms with van der Waals surface area (Å²) in [5.74, 6) is 1.97. The first-order chi connectivity index (χ1) is 12.6. The Morgan fingerprint density at radius 3 is 2.00 bits per heavy atom. The van der Waals surface area contributed by atoms with Crippen molar-refractivity contribution in [2.45, 2.75) is 71.3 Å². The number of rotatable bonds is 3. The molecule has 1 saturated carbocycles. The zero-order chi connectivity index (χ0) is 19.0. The van der Waals surface area contributed by atoms with Gasteiger partial charge in [-0.15, -0.1) is 0 Å². The van der Waals surface area contributed by atoms with Crippen molar-refractivity contribution in [3.8, 4) is 0 Å². The van der Waals surface area contributed by atoms with E-state index in [-0.39, 0.29) is 0 Å². The van der Waals surface area contributed by atoms with Crippen LogP contribution in [0.25, 0.3) is 0 Å². The fraction of sp³-hybridized carbons (Fsp3) is 0.955. The van der Waals surface area contributed by atoms with Crippen LogP contribution in [0.4, 0.5) is 0 Å². The quantitative estimate of drug-likeness (QED) is 0.831. The number of likely N-dealkylation sites (tertiary alicyclic amines) is 2. The number of piperidine rings is 1. The number of hydrogen-bond acceptors (Lipinski definition) is 4. The molecular weight excluding hydrogens is 322 g/mol. The van der Waals surface area contributed by atoms with Crippen LogP contribution in [-0.4, -0.2) is 68.9 Å². The SMILES string of the molecule is C=O.CCC(C)C1CCN(C2CCCCC2)CC1.CN1CC2(CNC2)C1. The van der Waals surface area contributed by atoms with Gasteiger partial charge in [-0.1, -0.05) is 39.5 Å². The summed E-state index contributed by atoms with van der Waals surface area (Å²) < 4.78 is 0. The lowest BCUT2D eigenvalue weighted by atomic mass is 9.75. The number of nitrogens with one attached hydrogen (secondary N) is 1. The van der Waals surface area contributed by atoms with Gasteiger partial charge >= 0.3 is 0 Å².